The summed E-state index contributed by atoms with van der Waals surface area (Å²) in [6.45, 7) is 9.79. The lowest BCUT2D eigenvalue weighted by Crippen LogP contribution is -2.30. The number of nitrogens with one attached hydrogen (secondary N) is 1. The zero-order chi connectivity index (χ0) is 26.8. The Kier molecular flexibility index (Phi) is 7.88. The molecule has 0 aliphatic rings. The Morgan fingerprint density at radius 1 is 1.14 bits per heavy atom. The second-order valence-electron chi connectivity index (χ2n) is 10.1. The van der Waals surface area contributed by atoms with Crippen molar-refractivity contribution in [2.75, 3.05) is 7.11 Å². The van der Waals surface area contributed by atoms with Crippen LogP contribution in [-0.2, 0) is 33.1 Å². The van der Waals surface area contributed by atoms with E-state index in [-0.39, 0.29) is 39.5 Å². The van der Waals surface area contributed by atoms with Crippen molar-refractivity contribution in [3.8, 4) is 11.1 Å². The maximum atomic E-state index is 15.3. The number of amides is 1. The fraction of sp³-hybridized carbons (Fsp3) is 0.385. The number of imidazole rings is 1. The molecule has 0 saturated carbocycles. The Morgan fingerprint density at radius 3 is 2.33 bits per heavy atom. The summed E-state index contributed by atoms with van der Waals surface area (Å²) in [6, 6.07) is 6.73. The van der Waals surface area contributed by atoms with E-state index in [9.17, 15) is 13.2 Å². The molecule has 0 radical (unpaired) electrons. The second kappa shape index (κ2) is 10.4. The number of halogens is 2. The molecule has 1 amide bonds. The molecule has 1 aromatic heterocycles. The summed E-state index contributed by atoms with van der Waals surface area (Å²) in [5.74, 6) is -0.709. The molecule has 36 heavy (non-hydrogen) atoms. The van der Waals surface area contributed by atoms with E-state index in [1.165, 1.54) is 6.07 Å². The van der Waals surface area contributed by atoms with Crippen LogP contribution in [0.3, 0.4) is 0 Å². The largest absolute Gasteiger partial charge is 0.452 e. The van der Waals surface area contributed by atoms with Crippen molar-refractivity contribution in [3.05, 3.63) is 71.3 Å². The van der Waals surface area contributed by atoms with Gasteiger partial charge in [-0.15, -0.1) is 0 Å². The van der Waals surface area contributed by atoms with E-state index >= 15 is 8.78 Å². The Hall–Kier alpha value is -3.27. The van der Waals surface area contributed by atoms with Crippen LogP contribution in [-0.4, -0.2) is 31.2 Å². The Morgan fingerprint density at radius 2 is 1.78 bits per heavy atom. The quantitative estimate of drug-likeness (QED) is 0.450. The standard InChI is InChI=1S/C26H31F2N3O4S/c1-16(2)11-17-7-8-23(36(33,34)30-25(32)35-6)19(12-17)18-13-21(27)20(22(28)14-18)15-31-10-9-29-24(31)26(3,4)5/h7-10,12-14,16H,11,15H2,1-6H3,(H,30,32). The summed E-state index contributed by atoms with van der Waals surface area (Å²) < 4.78 is 64.3. The number of sulfonamides is 1. The van der Waals surface area contributed by atoms with Crippen LogP contribution in [0.15, 0.2) is 47.6 Å². The molecular weight excluding hydrogens is 488 g/mol. The summed E-state index contributed by atoms with van der Waals surface area (Å²) in [6.07, 6.45) is 2.69. The van der Waals surface area contributed by atoms with Crippen LogP contribution in [0.25, 0.3) is 11.1 Å². The predicted molar refractivity (Wildman–Crippen MR) is 133 cm³/mol. The van der Waals surface area contributed by atoms with Gasteiger partial charge in [-0.2, -0.15) is 0 Å². The van der Waals surface area contributed by atoms with Gasteiger partial charge in [0.25, 0.3) is 10.0 Å². The lowest BCUT2D eigenvalue weighted by atomic mass is 9.95. The van der Waals surface area contributed by atoms with E-state index in [1.807, 2.05) is 34.6 Å². The van der Waals surface area contributed by atoms with Gasteiger partial charge in [-0.25, -0.2) is 31.7 Å². The van der Waals surface area contributed by atoms with E-state index in [2.05, 4.69) is 9.72 Å². The first-order valence-corrected chi connectivity index (χ1v) is 12.9. The highest BCUT2D eigenvalue weighted by Gasteiger charge is 2.25. The van der Waals surface area contributed by atoms with E-state index in [4.69, 9.17) is 0 Å². The van der Waals surface area contributed by atoms with Gasteiger partial charge in [0.05, 0.1) is 18.6 Å². The van der Waals surface area contributed by atoms with Crippen LogP contribution in [0.1, 0.15) is 51.6 Å². The average molecular weight is 520 g/mol. The Labute approximate surface area is 210 Å². The van der Waals surface area contributed by atoms with Gasteiger partial charge in [0.2, 0.25) is 0 Å². The molecule has 0 spiro atoms. The summed E-state index contributed by atoms with van der Waals surface area (Å²) >= 11 is 0. The number of hydrogen-bond donors (Lipinski definition) is 1. The third kappa shape index (κ3) is 6.10. The molecule has 3 aromatic rings. The summed E-state index contributed by atoms with van der Waals surface area (Å²) in [5.41, 5.74) is 0.398. The SMILES string of the molecule is COC(=O)NS(=O)(=O)c1ccc(CC(C)C)cc1-c1cc(F)c(Cn2ccnc2C(C)(C)C)c(F)c1. The second-order valence-corrected chi connectivity index (χ2v) is 11.7. The van der Waals surface area contributed by atoms with Gasteiger partial charge in [-0.1, -0.05) is 40.7 Å². The van der Waals surface area contributed by atoms with Crippen molar-refractivity contribution in [2.24, 2.45) is 5.92 Å². The van der Waals surface area contributed by atoms with Crippen molar-refractivity contribution in [1.29, 1.82) is 0 Å². The van der Waals surface area contributed by atoms with E-state index in [1.54, 1.807) is 33.8 Å². The molecule has 0 fully saturated rings. The van der Waals surface area contributed by atoms with E-state index in [0.29, 0.717) is 12.2 Å². The number of methoxy groups -OCH3 is 1. The van der Waals surface area contributed by atoms with Gasteiger partial charge < -0.3 is 9.30 Å². The maximum Gasteiger partial charge on any atom is 0.420 e. The molecule has 0 aliphatic heterocycles. The smallest absolute Gasteiger partial charge is 0.420 e. The molecule has 0 saturated heterocycles. The highest BCUT2D eigenvalue weighted by molar-refractivity contribution is 7.90. The first kappa shape index (κ1) is 27.3. The fourth-order valence-electron chi connectivity index (χ4n) is 4.00. The number of nitrogens with zero attached hydrogens (tertiary/aromatic N) is 2. The van der Waals surface area contributed by atoms with Crippen molar-refractivity contribution in [2.45, 2.75) is 57.9 Å². The monoisotopic (exact) mass is 519 g/mol. The molecule has 0 atom stereocenters. The topological polar surface area (TPSA) is 90.3 Å². The van der Waals surface area contributed by atoms with Crippen LogP contribution < -0.4 is 4.72 Å². The molecule has 2 aromatic carbocycles. The number of aromatic nitrogens is 2. The molecular formula is C26H31F2N3O4S. The highest BCUT2D eigenvalue weighted by Crippen LogP contribution is 2.32. The van der Waals surface area contributed by atoms with E-state index in [0.717, 1.165) is 24.8 Å². The van der Waals surface area contributed by atoms with Gasteiger partial charge in [0, 0.05) is 28.9 Å². The van der Waals surface area contributed by atoms with Gasteiger partial charge in [-0.3, -0.25) is 0 Å². The lowest BCUT2D eigenvalue weighted by Gasteiger charge is -2.20. The van der Waals surface area contributed by atoms with E-state index < -0.39 is 27.8 Å². The number of hydrogen-bond acceptors (Lipinski definition) is 5. The lowest BCUT2D eigenvalue weighted by molar-refractivity contribution is 0.177. The normalized spacial score (nSPS) is 12.1. The molecule has 0 aliphatic carbocycles. The van der Waals surface area contributed by atoms with Crippen LogP contribution in [0, 0.1) is 17.6 Å². The number of ether oxygens (including phenoxy) is 1. The minimum atomic E-state index is -4.38. The number of carbonyl (C=O) groups is 1. The number of benzene rings is 2. The highest BCUT2D eigenvalue weighted by atomic mass is 32.2. The Balaban J connectivity index is 2.12. The van der Waals surface area contributed by atoms with Crippen LogP contribution >= 0.6 is 0 Å². The van der Waals surface area contributed by atoms with Crippen LogP contribution in [0.4, 0.5) is 13.6 Å². The molecule has 0 unspecified atom stereocenters. The first-order chi connectivity index (χ1) is 16.7. The molecule has 1 N–H and O–H groups in total. The predicted octanol–water partition coefficient (Wildman–Crippen LogP) is 5.42. The summed E-state index contributed by atoms with van der Waals surface area (Å²) in [5, 5.41) is 0. The third-order valence-corrected chi connectivity index (χ3v) is 6.92. The van der Waals surface area contributed by atoms with Crippen LogP contribution in [0.5, 0.6) is 0 Å². The molecule has 194 valence electrons. The zero-order valence-electron chi connectivity index (χ0n) is 21.2. The Bertz CT molecular complexity index is 1350. The van der Waals surface area contributed by atoms with Crippen LogP contribution in [0.2, 0.25) is 0 Å². The summed E-state index contributed by atoms with van der Waals surface area (Å²) in [4.78, 5) is 15.6. The minimum Gasteiger partial charge on any atom is -0.452 e. The summed E-state index contributed by atoms with van der Waals surface area (Å²) in [7, 11) is -3.34. The van der Waals surface area contributed by atoms with Crippen molar-refractivity contribution in [3.63, 3.8) is 0 Å². The fourth-order valence-corrected chi connectivity index (χ4v) is 5.13. The first-order valence-electron chi connectivity index (χ1n) is 11.5. The molecule has 1 heterocycles. The number of rotatable bonds is 7. The maximum absolute atomic E-state index is 15.3. The van der Waals surface area contributed by atoms with Crippen molar-refractivity contribution >= 4 is 16.1 Å². The number of carbonyl (C=O) groups excluding carboxylic acids is 1. The van der Waals surface area contributed by atoms with Crippen molar-refractivity contribution in [1.82, 2.24) is 14.3 Å². The molecule has 7 nitrogen and oxygen atoms in total. The molecule has 3 rings (SSSR count). The van der Waals surface area contributed by atoms with Crippen molar-refractivity contribution < 1.29 is 26.7 Å². The van der Waals surface area contributed by atoms with Gasteiger partial charge in [0.1, 0.15) is 17.5 Å². The minimum absolute atomic E-state index is 0.0336. The zero-order valence-corrected chi connectivity index (χ0v) is 22.0. The average Bonchev–Trinajstić information content (AvgIpc) is 3.24. The molecule has 0 bridgehead atoms. The van der Waals surface area contributed by atoms with Gasteiger partial charge >= 0.3 is 6.09 Å². The van der Waals surface area contributed by atoms with Gasteiger partial charge in [-0.05, 0) is 47.7 Å². The molecule has 10 heteroatoms. The van der Waals surface area contributed by atoms with Gasteiger partial charge in [0.15, 0.2) is 0 Å². The third-order valence-electron chi connectivity index (χ3n) is 5.55.